The first kappa shape index (κ1) is 20.6. The molecule has 0 aliphatic heterocycles. The van der Waals surface area contributed by atoms with Crippen LogP contribution in [0.5, 0.6) is 0 Å². The number of hydrogen-bond acceptors (Lipinski definition) is 1. The highest BCUT2D eigenvalue weighted by Crippen LogP contribution is 2.33. The van der Waals surface area contributed by atoms with E-state index in [1.807, 2.05) is 0 Å². The molecule has 0 radical (unpaired) electrons. The summed E-state index contributed by atoms with van der Waals surface area (Å²) in [6.07, 6.45) is 1.08. The van der Waals surface area contributed by atoms with Crippen LogP contribution in [0.3, 0.4) is 0 Å². The van der Waals surface area contributed by atoms with E-state index in [1.54, 1.807) is 0 Å². The fraction of sp³-hybridized carbons (Fsp3) is 0.423. The molecule has 2 heteroatoms. The Morgan fingerprint density at radius 1 is 0.857 bits per heavy atom. The van der Waals surface area contributed by atoms with Crippen LogP contribution in [0.15, 0.2) is 42.5 Å². The number of benzene rings is 2. The Labute approximate surface area is 172 Å². The van der Waals surface area contributed by atoms with Gasteiger partial charge in [-0.15, -0.1) is 0 Å². The van der Waals surface area contributed by atoms with Gasteiger partial charge in [0.15, 0.2) is 7.85 Å². The summed E-state index contributed by atoms with van der Waals surface area (Å²) < 4.78 is 0. The molecule has 0 atom stereocenters. The normalized spacial score (nSPS) is 12.3. The predicted molar refractivity (Wildman–Crippen MR) is 127 cm³/mol. The van der Waals surface area contributed by atoms with Crippen molar-refractivity contribution in [3.05, 3.63) is 59.2 Å². The van der Waals surface area contributed by atoms with E-state index >= 15 is 0 Å². The quantitative estimate of drug-likeness (QED) is 0.513. The lowest BCUT2D eigenvalue weighted by Gasteiger charge is -2.19. The van der Waals surface area contributed by atoms with Gasteiger partial charge in [0.1, 0.15) is 0 Å². The van der Waals surface area contributed by atoms with Crippen molar-refractivity contribution in [2.24, 2.45) is 5.41 Å². The maximum Gasteiger partial charge on any atom is 0.163 e. The van der Waals surface area contributed by atoms with Gasteiger partial charge in [0.25, 0.3) is 0 Å². The van der Waals surface area contributed by atoms with E-state index in [2.05, 4.69) is 98.8 Å². The molecule has 0 amide bonds. The maximum atomic E-state index is 4.98. The highest BCUT2D eigenvalue weighted by atomic mass is 14.7. The number of aromatic nitrogens is 1. The van der Waals surface area contributed by atoms with Crippen LogP contribution in [-0.4, -0.2) is 12.8 Å². The molecule has 0 fully saturated rings. The van der Waals surface area contributed by atoms with Gasteiger partial charge in [-0.25, -0.2) is 0 Å². The lowest BCUT2D eigenvalue weighted by Crippen LogP contribution is -2.11. The molecule has 1 nitrogen and oxygen atoms in total. The monoisotopic (exact) mass is 371 g/mol. The Hall–Kier alpha value is -2.09. The van der Waals surface area contributed by atoms with E-state index in [0.29, 0.717) is 11.8 Å². The molecular formula is C26H34BN. The zero-order chi connectivity index (χ0) is 20.6. The van der Waals surface area contributed by atoms with Crippen molar-refractivity contribution < 1.29 is 0 Å². The van der Waals surface area contributed by atoms with Crippen LogP contribution in [-0.2, 0) is 6.42 Å². The van der Waals surface area contributed by atoms with Gasteiger partial charge in [-0.2, -0.15) is 0 Å². The van der Waals surface area contributed by atoms with Crippen molar-refractivity contribution in [2.75, 3.05) is 0 Å². The Kier molecular flexibility index (Phi) is 5.70. The van der Waals surface area contributed by atoms with Crippen LogP contribution >= 0.6 is 0 Å². The highest BCUT2D eigenvalue weighted by molar-refractivity contribution is 6.32. The second-order valence-corrected chi connectivity index (χ2v) is 10.1. The third-order valence-electron chi connectivity index (χ3n) is 5.34. The molecule has 0 aliphatic rings. The molecule has 1 aromatic heterocycles. The molecule has 0 bridgehead atoms. The van der Waals surface area contributed by atoms with Crippen LogP contribution in [0, 0.1) is 5.41 Å². The Balaban J connectivity index is 2.20. The predicted octanol–water partition coefficient (Wildman–Crippen LogP) is 6.00. The molecule has 2 aromatic carbocycles. The largest absolute Gasteiger partial charge is 0.263 e. The minimum Gasteiger partial charge on any atom is -0.263 e. The number of hydrogen-bond donors (Lipinski definition) is 0. The van der Waals surface area contributed by atoms with Crippen LogP contribution < -0.4 is 5.59 Å². The molecule has 0 spiro atoms. The summed E-state index contributed by atoms with van der Waals surface area (Å²) in [5, 5.41) is 2.55. The van der Waals surface area contributed by atoms with Crippen molar-refractivity contribution in [3.63, 3.8) is 0 Å². The van der Waals surface area contributed by atoms with Crippen molar-refractivity contribution >= 4 is 24.2 Å². The number of fused-ring (bicyclic) bond motifs is 1. The Morgan fingerprint density at radius 2 is 1.46 bits per heavy atom. The summed E-state index contributed by atoms with van der Waals surface area (Å²) in [4.78, 5) is 4.98. The summed E-state index contributed by atoms with van der Waals surface area (Å²) in [7, 11) is 2.11. The first-order chi connectivity index (χ1) is 13.0. The van der Waals surface area contributed by atoms with Crippen LogP contribution in [0.1, 0.15) is 77.0 Å². The fourth-order valence-electron chi connectivity index (χ4n) is 3.86. The lowest BCUT2D eigenvalue weighted by molar-refractivity contribution is 0.411. The minimum absolute atomic E-state index is 0.288. The minimum atomic E-state index is 0.288. The van der Waals surface area contributed by atoms with Gasteiger partial charge in [-0.05, 0) is 69.5 Å². The standard InChI is InChI=1S/C26H34BN/c1-16(2)19-11-20(17(3)4)13-22(12-19)25-23-9-8-18(15-26(5,6)7)10-21(23)14-24(27)28-25/h8-14,16-17H,15,27H2,1-7H3. The van der Waals surface area contributed by atoms with Crippen LogP contribution in [0.4, 0.5) is 0 Å². The molecular weight excluding hydrogens is 337 g/mol. The molecule has 3 rings (SSSR count). The van der Waals surface area contributed by atoms with Crippen molar-refractivity contribution in [1.29, 1.82) is 0 Å². The number of pyridine rings is 1. The average Bonchev–Trinajstić information content (AvgIpc) is 2.58. The average molecular weight is 371 g/mol. The van der Waals surface area contributed by atoms with Crippen molar-refractivity contribution in [2.45, 2.75) is 66.7 Å². The van der Waals surface area contributed by atoms with Crippen LogP contribution in [0.25, 0.3) is 22.0 Å². The Morgan fingerprint density at radius 3 is 2.00 bits per heavy atom. The maximum absolute atomic E-state index is 4.98. The summed E-state index contributed by atoms with van der Waals surface area (Å²) >= 11 is 0. The Bertz CT molecular complexity index is 967. The SMILES string of the molecule is Bc1cc2cc(CC(C)(C)C)ccc2c(-c2cc(C(C)C)cc(C(C)C)c2)n1. The zero-order valence-electron chi connectivity index (χ0n) is 18.9. The molecule has 0 unspecified atom stereocenters. The summed E-state index contributed by atoms with van der Waals surface area (Å²) in [5.74, 6) is 1.01. The third-order valence-corrected chi connectivity index (χ3v) is 5.34. The van der Waals surface area contributed by atoms with E-state index in [9.17, 15) is 0 Å². The lowest BCUT2D eigenvalue weighted by atomic mass is 9.86. The zero-order valence-corrected chi connectivity index (χ0v) is 18.9. The van der Waals surface area contributed by atoms with Gasteiger partial charge < -0.3 is 0 Å². The van der Waals surface area contributed by atoms with E-state index in [4.69, 9.17) is 4.98 Å². The van der Waals surface area contributed by atoms with Gasteiger partial charge in [0.05, 0.1) is 5.69 Å². The van der Waals surface area contributed by atoms with E-state index in [1.165, 1.54) is 33.0 Å². The van der Waals surface area contributed by atoms with E-state index < -0.39 is 0 Å². The van der Waals surface area contributed by atoms with E-state index in [-0.39, 0.29) is 5.41 Å². The van der Waals surface area contributed by atoms with Gasteiger partial charge in [-0.3, -0.25) is 4.98 Å². The molecule has 3 aromatic rings. The van der Waals surface area contributed by atoms with Crippen molar-refractivity contribution in [3.8, 4) is 11.3 Å². The second kappa shape index (κ2) is 7.74. The second-order valence-electron chi connectivity index (χ2n) is 10.1. The fourth-order valence-corrected chi connectivity index (χ4v) is 3.86. The molecule has 0 saturated heterocycles. The number of nitrogens with zero attached hydrogens (tertiary/aromatic N) is 1. The molecule has 0 saturated carbocycles. The summed E-state index contributed by atoms with van der Waals surface area (Å²) in [6, 6.07) is 16.2. The molecule has 1 heterocycles. The first-order valence-corrected chi connectivity index (χ1v) is 10.6. The molecule has 0 N–H and O–H groups in total. The summed E-state index contributed by atoms with van der Waals surface area (Å²) in [5.41, 5.74) is 7.90. The molecule has 28 heavy (non-hydrogen) atoms. The molecule has 0 aliphatic carbocycles. The van der Waals surface area contributed by atoms with Gasteiger partial charge in [0.2, 0.25) is 0 Å². The van der Waals surface area contributed by atoms with E-state index in [0.717, 1.165) is 17.7 Å². The van der Waals surface area contributed by atoms with Gasteiger partial charge in [-0.1, -0.05) is 72.7 Å². The van der Waals surface area contributed by atoms with Gasteiger partial charge >= 0.3 is 0 Å². The molecule has 146 valence electrons. The highest BCUT2D eigenvalue weighted by Gasteiger charge is 2.15. The third kappa shape index (κ3) is 4.66. The van der Waals surface area contributed by atoms with Crippen molar-refractivity contribution in [1.82, 2.24) is 4.98 Å². The van der Waals surface area contributed by atoms with Crippen LogP contribution in [0.2, 0.25) is 0 Å². The van der Waals surface area contributed by atoms with Gasteiger partial charge in [0, 0.05) is 10.9 Å². The smallest absolute Gasteiger partial charge is 0.163 e. The topological polar surface area (TPSA) is 12.9 Å². The first-order valence-electron chi connectivity index (χ1n) is 10.6. The summed E-state index contributed by atoms with van der Waals surface area (Å²) in [6.45, 7) is 16.0. The number of rotatable bonds is 4.